The van der Waals surface area contributed by atoms with Crippen molar-refractivity contribution >= 4 is 21.6 Å². The van der Waals surface area contributed by atoms with Crippen molar-refractivity contribution < 1.29 is 8.42 Å². The molecule has 0 fully saturated rings. The summed E-state index contributed by atoms with van der Waals surface area (Å²) in [4.78, 5) is 0. The fourth-order valence-corrected chi connectivity index (χ4v) is 3.51. The van der Waals surface area contributed by atoms with Crippen molar-refractivity contribution in [1.82, 2.24) is 4.31 Å². The molecule has 0 radical (unpaired) electrons. The molecule has 1 unspecified atom stereocenters. The van der Waals surface area contributed by atoms with Crippen LogP contribution in [-0.2, 0) is 10.0 Å². The second kappa shape index (κ2) is 6.51. The lowest BCUT2D eigenvalue weighted by atomic mass is 10.3. The molecule has 15 heavy (non-hydrogen) atoms. The third kappa shape index (κ3) is 5.00. The van der Waals surface area contributed by atoms with Crippen LogP contribution in [0.4, 0.5) is 0 Å². The molecular formula is C10H20ClNO2S. The second-order valence-corrected chi connectivity index (χ2v) is 6.26. The van der Waals surface area contributed by atoms with E-state index in [2.05, 4.69) is 6.58 Å². The lowest BCUT2D eigenvalue weighted by molar-refractivity contribution is 0.380. The SMILES string of the molecule is C=CCN(C(C)C)S(=O)(=O)CC(C)CCl. The van der Waals surface area contributed by atoms with Crippen LogP contribution in [0, 0.1) is 5.92 Å². The molecule has 0 saturated heterocycles. The molecule has 0 aliphatic heterocycles. The molecule has 0 aromatic rings. The fourth-order valence-electron chi connectivity index (χ4n) is 1.27. The van der Waals surface area contributed by atoms with E-state index in [1.54, 1.807) is 6.08 Å². The number of hydrogen-bond acceptors (Lipinski definition) is 2. The van der Waals surface area contributed by atoms with Gasteiger partial charge >= 0.3 is 0 Å². The Balaban J connectivity index is 4.71. The predicted molar refractivity (Wildman–Crippen MR) is 65.7 cm³/mol. The molecule has 90 valence electrons. The summed E-state index contributed by atoms with van der Waals surface area (Å²) in [5.41, 5.74) is 0. The normalized spacial score (nSPS) is 14.5. The molecular weight excluding hydrogens is 234 g/mol. The third-order valence-electron chi connectivity index (χ3n) is 2.00. The monoisotopic (exact) mass is 253 g/mol. The molecule has 0 aromatic heterocycles. The van der Waals surface area contributed by atoms with Crippen LogP contribution in [0.15, 0.2) is 12.7 Å². The van der Waals surface area contributed by atoms with Crippen molar-refractivity contribution in [2.45, 2.75) is 26.8 Å². The van der Waals surface area contributed by atoms with Gasteiger partial charge in [0.05, 0.1) is 5.75 Å². The zero-order chi connectivity index (χ0) is 12.1. The lowest BCUT2D eigenvalue weighted by Gasteiger charge is -2.25. The molecule has 0 aromatic carbocycles. The van der Waals surface area contributed by atoms with Crippen LogP contribution >= 0.6 is 11.6 Å². The van der Waals surface area contributed by atoms with E-state index in [4.69, 9.17) is 11.6 Å². The minimum Gasteiger partial charge on any atom is -0.212 e. The summed E-state index contributed by atoms with van der Waals surface area (Å²) < 4.78 is 25.3. The van der Waals surface area contributed by atoms with Gasteiger partial charge in [0.1, 0.15) is 0 Å². The van der Waals surface area contributed by atoms with Gasteiger partial charge in [0.2, 0.25) is 10.0 Å². The highest BCUT2D eigenvalue weighted by Gasteiger charge is 2.25. The van der Waals surface area contributed by atoms with E-state index in [9.17, 15) is 8.42 Å². The maximum absolute atomic E-state index is 12.0. The summed E-state index contributed by atoms with van der Waals surface area (Å²) in [6, 6.07) is -0.0458. The minimum atomic E-state index is -3.22. The number of alkyl halides is 1. The van der Waals surface area contributed by atoms with E-state index in [1.807, 2.05) is 20.8 Å². The number of sulfonamides is 1. The largest absolute Gasteiger partial charge is 0.214 e. The Morgan fingerprint density at radius 2 is 1.93 bits per heavy atom. The lowest BCUT2D eigenvalue weighted by Crippen LogP contribution is -2.40. The average Bonchev–Trinajstić information content (AvgIpc) is 2.12. The van der Waals surface area contributed by atoms with Crippen molar-refractivity contribution in [3.63, 3.8) is 0 Å². The van der Waals surface area contributed by atoms with Crippen LogP contribution in [0.2, 0.25) is 0 Å². The Kier molecular flexibility index (Phi) is 6.48. The number of rotatable bonds is 7. The van der Waals surface area contributed by atoms with E-state index < -0.39 is 10.0 Å². The predicted octanol–water partition coefficient (Wildman–Crippen LogP) is 2.09. The van der Waals surface area contributed by atoms with Gasteiger partial charge in [-0.3, -0.25) is 0 Å². The van der Waals surface area contributed by atoms with Gasteiger partial charge in [-0.1, -0.05) is 13.0 Å². The quantitative estimate of drug-likeness (QED) is 0.515. The maximum Gasteiger partial charge on any atom is 0.214 e. The topological polar surface area (TPSA) is 37.4 Å². The molecule has 0 amide bonds. The van der Waals surface area contributed by atoms with Crippen LogP contribution in [0.5, 0.6) is 0 Å². The van der Waals surface area contributed by atoms with Crippen molar-refractivity contribution in [3.8, 4) is 0 Å². The van der Waals surface area contributed by atoms with E-state index in [0.29, 0.717) is 12.4 Å². The van der Waals surface area contributed by atoms with Crippen molar-refractivity contribution in [2.24, 2.45) is 5.92 Å². The summed E-state index contributed by atoms with van der Waals surface area (Å²) >= 11 is 5.62. The van der Waals surface area contributed by atoms with Gasteiger partial charge in [0, 0.05) is 18.5 Å². The van der Waals surface area contributed by atoms with Crippen molar-refractivity contribution in [1.29, 1.82) is 0 Å². The first-order chi connectivity index (χ1) is 6.85. The average molecular weight is 254 g/mol. The van der Waals surface area contributed by atoms with Crippen LogP contribution in [0.25, 0.3) is 0 Å². The van der Waals surface area contributed by atoms with E-state index >= 15 is 0 Å². The molecule has 0 saturated carbocycles. The van der Waals surface area contributed by atoms with Gasteiger partial charge in [-0.25, -0.2) is 8.42 Å². The second-order valence-electron chi connectivity index (χ2n) is 3.99. The summed E-state index contributed by atoms with van der Waals surface area (Å²) in [6.07, 6.45) is 1.60. The van der Waals surface area contributed by atoms with Crippen molar-refractivity contribution in [2.75, 3.05) is 18.2 Å². The molecule has 0 rings (SSSR count). The molecule has 0 aliphatic carbocycles. The third-order valence-corrected chi connectivity index (χ3v) is 4.80. The first-order valence-corrected chi connectivity index (χ1v) is 7.16. The summed E-state index contributed by atoms with van der Waals surface area (Å²) in [5, 5.41) is 0. The highest BCUT2D eigenvalue weighted by molar-refractivity contribution is 7.89. The van der Waals surface area contributed by atoms with E-state index in [0.717, 1.165) is 0 Å². The van der Waals surface area contributed by atoms with Gasteiger partial charge in [-0.15, -0.1) is 18.2 Å². The standard InChI is InChI=1S/C10H20ClNO2S/c1-5-6-12(9(2)3)15(13,14)8-10(4)7-11/h5,9-10H,1,6-8H2,2-4H3. The van der Waals surface area contributed by atoms with Crippen LogP contribution in [0.1, 0.15) is 20.8 Å². The van der Waals surface area contributed by atoms with Gasteiger partial charge in [-0.2, -0.15) is 4.31 Å². The Labute approximate surface area is 98.2 Å². The Morgan fingerprint density at radius 3 is 2.27 bits per heavy atom. The molecule has 1 atom stereocenters. The number of hydrogen-bond donors (Lipinski definition) is 0. The molecule has 5 heteroatoms. The summed E-state index contributed by atoms with van der Waals surface area (Å²) in [6.45, 7) is 9.46. The van der Waals surface area contributed by atoms with Crippen molar-refractivity contribution in [3.05, 3.63) is 12.7 Å². The zero-order valence-electron chi connectivity index (χ0n) is 9.61. The number of nitrogens with zero attached hydrogens (tertiary/aromatic N) is 1. The first-order valence-electron chi connectivity index (χ1n) is 5.01. The van der Waals surface area contributed by atoms with Crippen LogP contribution in [0.3, 0.4) is 0 Å². The Bertz CT molecular complexity index is 288. The molecule has 3 nitrogen and oxygen atoms in total. The molecule has 0 aliphatic rings. The highest BCUT2D eigenvalue weighted by Crippen LogP contribution is 2.12. The zero-order valence-corrected chi connectivity index (χ0v) is 11.2. The van der Waals surface area contributed by atoms with Crippen LogP contribution in [-0.4, -0.2) is 36.9 Å². The molecule has 0 spiro atoms. The van der Waals surface area contributed by atoms with Gasteiger partial charge in [0.15, 0.2) is 0 Å². The number of halogens is 1. The summed E-state index contributed by atoms with van der Waals surface area (Å²) in [5.74, 6) is 0.435. The highest BCUT2D eigenvalue weighted by atomic mass is 35.5. The van der Waals surface area contributed by atoms with Gasteiger partial charge in [-0.05, 0) is 19.8 Å². The molecule has 0 bridgehead atoms. The molecule has 0 heterocycles. The van der Waals surface area contributed by atoms with Gasteiger partial charge < -0.3 is 0 Å². The fraction of sp³-hybridized carbons (Fsp3) is 0.800. The molecule has 0 N–H and O–H groups in total. The first kappa shape index (κ1) is 14.9. The summed E-state index contributed by atoms with van der Waals surface area (Å²) in [7, 11) is -3.22. The smallest absolute Gasteiger partial charge is 0.212 e. The van der Waals surface area contributed by atoms with E-state index in [-0.39, 0.29) is 17.7 Å². The van der Waals surface area contributed by atoms with E-state index in [1.165, 1.54) is 4.31 Å². The Hall–Kier alpha value is -0.0600. The Morgan fingerprint density at radius 1 is 1.40 bits per heavy atom. The van der Waals surface area contributed by atoms with Crippen LogP contribution < -0.4 is 0 Å². The minimum absolute atomic E-state index is 0.0252. The maximum atomic E-state index is 12.0. The van der Waals surface area contributed by atoms with Gasteiger partial charge in [0.25, 0.3) is 0 Å².